The molecule has 0 amide bonds. The Morgan fingerprint density at radius 2 is 1.58 bits per heavy atom. The Morgan fingerprint density at radius 3 is 2.25 bits per heavy atom. The second-order valence-electron chi connectivity index (χ2n) is 8.32. The molecule has 0 atom stereocenters. The zero-order valence-electron chi connectivity index (χ0n) is 19.2. The standard InChI is InChI=1S/C24H23F6N5S/c1-16-5-2-3-6-17(16)22-18(24(28,29)30)9-10-19(31-22)33-36-21-8-4-7-20(32-21)35-13-11-34(12-14-35)15-23(25,26)27/h2-10H,11-15H2,1H3,(H,31,33). The molecule has 3 heterocycles. The van der Waals surface area contributed by atoms with Crippen LogP contribution < -0.4 is 9.62 Å². The van der Waals surface area contributed by atoms with Gasteiger partial charge >= 0.3 is 12.4 Å². The van der Waals surface area contributed by atoms with Crippen molar-refractivity contribution in [2.45, 2.75) is 24.3 Å². The molecule has 1 fully saturated rings. The summed E-state index contributed by atoms with van der Waals surface area (Å²) >= 11 is 1.09. The molecule has 0 bridgehead atoms. The van der Waals surface area contributed by atoms with Crippen molar-refractivity contribution in [2.24, 2.45) is 0 Å². The number of aromatic nitrogens is 2. The van der Waals surface area contributed by atoms with E-state index in [9.17, 15) is 26.3 Å². The molecule has 0 radical (unpaired) electrons. The maximum absolute atomic E-state index is 13.6. The first-order chi connectivity index (χ1) is 17.0. The minimum absolute atomic E-state index is 0.162. The summed E-state index contributed by atoms with van der Waals surface area (Å²) in [5, 5.41) is 0.546. The quantitative estimate of drug-likeness (QED) is 0.301. The van der Waals surface area contributed by atoms with Crippen LogP contribution in [0.4, 0.5) is 38.0 Å². The van der Waals surface area contributed by atoms with Gasteiger partial charge in [0.05, 0.1) is 17.8 Å². The number of anilines is 2. The number of halogens is 6. The number of hydrogen-bond acceptors (Lipinski definition) is 6. The highest BCUT2D eigenvalue weighted by atomic mass is 32.2. The van der Waals surface area contributed by atoms with Crippen LogP contribution in [0, 0.1) is 6.92 Å². The van der Waals surface area contributed by atoms with Gasteiger partial charge in [-0.05, 0) is 36.8 Å². The van der Waals surface area contributed by atoms with Gasteiger partial charge in [0.1, 0.15) is 16.7 Å². The van der Waals surface area contributed by atoms with Crippen LogP contribution in [0.2, 0.25) is 0 Å². The Kier molecular flexibility index (Phi) is 7.65. The number of nitrogens with zero attached hydrogens (tertiary/aromatic N) is 4. The summed E-state index contributed by atoms with van der Waals surface area (Å²) in [7, 11) is 0. The molecule has 1 N–H and O–H groups in total. The maximum Gasteiger partial charge on any atom is 0.418 e. The van der Waals surface area contributed by atoms with Gasteiger partial charge in [-0.1, -0.05) is 30.3 Å². The first kappa shape index (κ1) is 26.1. The topological polar surface area (TPSA) is 44.3 Å². The molecular formula is C24H23F6N5S. The molecule has 2 aromatic heterocycles. The molecule has 1 aromatic carbocycles. The van der Waals surface area contributed by atoms with Gasteiger partial charge in [0.2, 0.25) is 0 Å². The number of aryl methyl sites for hydroxylation is 1. The van der Waals surface area contributed by atoms with E-state index in [0.717, 1.165) is 18.0 Å². The van der Waals surface area contributed by atoms with Gasteiger partial charge in [0.15, 0.2) is 0 Å². The number of pyridine rings is 2. The molecule has 0 spiro atoms. The van der Waals surface area contributed by atoms with E-state index in [-0.39, 0.29) is 24.6 Å². The van der Waals surface area contributed by atoms with Crippen LogP contribution in [0.25, 0.3) is 11.3 Å². The Bertz CT molecular complexity index is 1190. The fourth-order valence-corrected chi connectivity index (χ4v) is 4.53. The Morgan fingerprint density at radius 1 is 0.861 bits per heavy atom. The molecular weight excluding hydrogens is 504 g/mol. The SMILES string of the molecule is Cc1ccccc1-c1nc(NSc2cccc(N3CCN(CC(F)(F)F)CC3)n2)ccc1C(F)(F)F. The van der Waals surface area contributed by atoms with Gasteiger partial charge in [-0.25, -0.2) is 9.97 Å². The van der Waals surface area contributed by atoms with Crippen molar-refractivity contribution in [1.29, 1.82) is 0 Å². The number of alkyl halides is 6. The Hall–Kier alpha value is -2.99. The third kappa shape index (κ3) is 6.61. The van der Waals surface area contributed by atoms with Gasteiger partial charge in [0, 0.05) is 43.7 Å². The van der Waals surface area contributed by atoms with Crippen molar-refractivity contribution < 1.29 is 26.3 Å². The van der Waals surface area contributed by atoms with Crippen molar-refractivity contribution in [1.82, 2.24) is 14.9 Å². The third-order valence-corrected chi connectivity index (χ3v) is 6.42. The van der Waals surface area contributed by atoms with Crippen LogP contribution in [-0.4, -0.2) is 53.8 Å². The van der Waals surface area contributed by atoms with E-state index in [1.807, 2.05) is 4.90 Å². The maximum atomic E-state index is 13.6. The summed E-state index contributed by atoms with van der Waals surface area (Å²) in [4.78, 5) is 12.1. The summed E-state index contributed by atoms with van der Waals surface area (Å²) < 4.78 is 81.7. The van der Waals surface area contributed by atoms with Gasteiger partial charge < -0.3 is 9.62 Å². The summed E-state index contributed by atoms with van der Waals surface area (Å²) in [6.45, 7) is 2.15. The van der Waals surface area contributed by atoms with Crippen LogP contribution in [-0.2, 0) is 6.18 Å². The van der Waals surface area contributed by atoms with Crippen molar-refractivity contribution in [2.75, 3.05) is 42.3 Å². The van der Waals surface area contributed by atoms with E-state index in [0.29, 0.717) is 35.1 Å². The smallest absolute Gasteiger partial charge is 0.354 e. The average molecular weight is 528 g/mol. The highest BCUT2D eigenvalue weighted by molar-refractivity contribution is 8.00. The molecule has 12 heteroatoms. The van der Waals surface area contributed by atoms with E-state index in [2.05, 4.69) is 14.7 Å². The van der Waals surface area contributed by atoms with Crippen LogP contribution in [0.1, 0.15) is 11.1 Å². The predicted molar refractivity (Wildman–Crippen MR) is 128 cm³/mol. The fraction of sp³-hybridized carbons (Fsp3) is 0.333. The van der Waals surface area contributed by atoms with Crippen LogP contribution in [0.5, 0.6) is 0 Å². The lowest BCUT2D eigenvalue weighted by molar-refractivity contribution is -0.146. The van der Waals surface area contributed by atoms with E-state index in [1.165, 1.54) is 11.0 Å². The minimum Gasteiger partial charge on any atom is -0.354 e. The highest BCUT2D eigenvalue weighted by Gasteiger charge is 2.35. The number of piperazine rings is 1. The van der Waals surface area contributed by atoms with Crippen LogP contribution in [0.15, 0.2) is 59.6 Å². The number of benzene rings is 1. The molecule has 0 saturated carbocycles. The molecule has 5 nitrogen and oxygen atoms in total. The second kappa shape index (κ2) is 10.6. The summed E-state index contributed by atoms with van der Waals surface area (Å²) in [5.41, 5.74) is 0.0787. The van der Waals surface area contributed by atoms with Gasteiger partial charge in [0.25, 0.3) is 0 Å². The highest BCUT2D eigenvalue weighted by Crippen LogP contribution is 2.38. The average Bonchev–Trinajstić information content (AvgIpc) is 2.82. The van der Waals surface area contributed by atoms with Gasteiger partial charge in [-0.2, -0.15) is 26.3 Å². The zero-order chi connectivity index (χ0) is 25.9. The molecule has 192 valence electrons. The zero-order valence-corrected chi connectivity index (χ0v) is 20.0. The second-order valence-corrected chi connectivity index (χ2v) is 9.15. The molecule has 36 heavy (non-hydrogen) atoms. The van der Waals surface area contributed by atoms with Crippen molar-refractivity contribution in [3.63, 3.8) is 0 Å². The molecule has 0 aliphatic carbocycles. The summed E-state index contributed by atoms with van der Waals surface area (Å²) in [6.07, 6.45) is -8.79. The predicted octanol–water partition coefficient (Wildman–Crippen LogP) is 6.27. The summed E-state index contributed by atoms with van der Waals surface area (Å²) in [6, 6.07) is 14.3. The van der Waals surface area contributed by atoms with E-state index in [4.69, 9.17) is 0 Å². The normalized spacial score (nSPS) is 15.2. The molecule has 4 rings (SSSR count). The first-order valence-corrected chi connectivity index (χ1v) is 11.9. The fourth-order valence-electron chi connectivity index (χ4n) is 3.92. The van der Waals surface area contributed by atoms with Gasteiger partial charge in [-0.3, -0.25) is 4.90 Å². The summed E-state index contributed by atoms with van der Waals surface area (Å²) in [5.74, 6) is 0.855. The van der Waals surface area contributed by atoms with Crippen LogP contribution in [0.3, 0.4) is 0 Å². The van der Waals surface area contributed by atoms with Crippen molar-refractivity contribution in [3.05, 3.63) is 65.7 Å². The lowest BCUT2D eigenvalue weighted by atomic mass is 10.0. The van der Waals surface area contributed by atoms with Crippen LogP contribution >= 0.6 is 11.9 Å². The number of rotatable bonds is 6. The van der Waals surface area contributed by atoms with E-state index in [1.54, 1.807) is 49.4 Å². The molecule has 3 aromatic rings. The molecule has 1 saturated heterocycles. The van der Waals surface area contributed by atoms with Crippen molar-refractivity contribution >= 4 is 23.6 Å². The van der Waals surface area contributed by atoms with Gasteiger partial charge in [-0.15, -0.1) is 0 Å². The Labute approximate surface area is 208 Å². The van der Waals surface area contributed by atoms with Crippen molar-refractivity contribution in [3.8, 4) is 11.3 Å². The van der Waals surface area contributed by atoms with E-state index < -0.39 is 24.5 Å². The monoisotopic (exact) mass is 527 g/mol. The third-order valence-electron chi connectivity index (χ3n) is 5.67. The van der Waals surface area contributed by atoms with E-state index >= 15 is 0 Å². The first-order valence-electron chi connectivity index (χ1n) is 11.1. The minimum atomic E-state index is -4.56. The molecule has 0 unspecified atom stereocenters. The lowest BCUT2D eigenvalue weighted by Crippen LogP contribution is -2.49. The Balaban J connectivity index is 1.46. The lowest BCUT2D eigenvalue weighted by Gasteiger charge is -2.35. The molecule has 1 aliphatic rings. The largest absolute Gasteiger partial charge is 0.418 e. The molecule has 1 aliphatic heterocycles. The number of nitrogens with one attached hydrogen (secondary N) is 1. The number of hydrogen-bond donors (Lipinski definition) is 1.